The molecule has 0 aromatic rings. The lowest BCUT2D eigenvalue weighted by Gasteiger charge is -2.61. The molecule has 4 aliphatic rings. The van der Waals surface area contributed by atoms with Crippen molar-refractivity contribution in [2.45, 2.75) is 74.8 Å². The molecule has 1 saturated heterocycles. The molecule has 0 aromatic carbocycles. The van der Waals surface area contributed by atoms with Crippen LogP contribution in [0.15, 0.2) is 0 Å². The molecule has 3 aliphatic carbocycles. The van der Waals surface area contributed by atoms with Gasteiger partial charge in [-0.25, -0.2) is 0 Å². The second kappa shape index (κ2) is 6.18. The third kappa shape index (κ3) is 2.54. The number of halogens is 1. The van der Waals surface area contributed by atoms with Crippen molar-refractivity contribution in [3.8, 4) is 0 Å². The maximum Gasteiger partial charge on any atom is 0.307 e. The van der Waals surface area contributed by atoms with E-state index in [0.29, 0.717) is 27.7 Å². The number of alkyl halides is 1. The Balaban J connectivity index is 1.61. The van der Waals surface area contributed by atoms with Crippen molar-refractivity contribution in [1.82, 2.24) is 5.32 Å². The molecule has 4 fully saturated rings. The van der Waals surface area contributed by atoms with Crippen LogP contribution in [0.25, 0.3) is 0 Å². The standard InChI is InChI=1S/C20H30INO3/c1-19-8-7-13-11(12(19)4-5-14(19)18(24)25)3-6-17-20(13,2)9-15(21)16(10-23)22-17/h10-17,22H,3-9H2,1-2H3,(H,24,25)/t11-,12-,13-,14?,15?,16?,17+,19-,20+/m0/s1. The third-order valence-electron chi connectivity index (χ3n) is 8.73. The van der Waals surface area contributed by atoms with Gasteiger partial charge in [-0.2, -0.15) is 0 Å². The fraction of sp³-hybridized carbons (Fsp3) is 0.900. The van der Waals surface area contributed by atoms with Crippen LogP contribution in [0.2, 0.25) is 0 Å². The SMILES string of the molecule is C[C@]12CC(I)C(C=O)N[C@@H]1CC[C@@H]1[C@@H]2CC[C@]2(C)C(C(=O)O)CC[C@@H]12. The topological polar surface area (TPSA) is 66.4 Å². The summed E-state index contributed by atoms with van der Waals surface area (Å²) in [6.45, 7) is 4.71. The van der Waals surface area contributed by atoms with Crippen molar-refractivity contribution >= 4 is 34.8 Å². The van der Waals surface area contributed by atoms with Crippen LogP contribution >= 0.6 is 22.6 Å². The average Bonchev–Trinajstić information content (AvgIpc) is 2.91. The Morgan fingerprint density at radius 1 is 1.12 bits per heavy atom. The van der Waals surface area contributed by atoms with Crippen LogP contribution in [-0.4, -0.2) is 33.4 Å². The summed E-state index contributed by atoms with van der Waals surface area (Å²) in [6, 6.07) is 0.433. The van der Waals surface area contributed by atoms with Gasteiger partial charge in [-0.3, -0.25) is 4.79 Å². The van der Waals surface area contributed by atoms with E-state index in [4.69, 9.17) is 0 Å². The van der Waals surface area contributed by atoms with Crippen LogP contribution in [0.4, 0.5) is 0 Å². The second-order valence-electron chi connectivity index (χ2n) is 9.57. The predicted molar refractivity (Wildman–Crippen MR) is 105 cm³/mol. The van der Waals surface area contributed by atoms with Gasteiger partial charge in [0.15, 0.2) is 0 Å². The van der Waals surface area contributed by atoms with Crippen molar-refractivity contribution in [3.05, 3.63) is 0 Å². The summed E-state index contributed by atoms with van der Waals surface area (Å²) in [5, 5.41) is 13.4. The number of fused-ring (bicyclic) bond motifs is 5. The van der Waals surface area contributed by atoms with E-state index >= 15 is 0 Å². The quantitative estimate of drug-likeness (QED) is 0.376. The fourth-order valence-electron chi connectivity index (χ4n) is 7.44. The molecule has 0 amide bonds. The molecule has 4 nitrogen and oxygen atoms in total. The summed E-state index contributed by atoms with van der Waals surface area (Å²) in [7, 11) is 0. The number of nitrogens with one attached hydrogen (secondary N) is 1. The van der Waals surface area contributed by atoms with Crippen molar-refractivity contribution in [1.29, 1.82) is 0 Å². The number of carbonyl (C=O) groups is 2. The molecular formula is C20H30INO3. The van der Waals surface area contributed by atoms with Crippen molar-refractivity contribution < 1.29 is 14.7 Å². The Morgan fingerprint density at radius 2 is 1.84 bits per heavy atom. The number of piperidine rings is 1. The number of hydrogen-bond donors (Lipinski definition) is 2. The zero-order chi connectivity index (χ0) is 18.0. The molecule has 3 unspecified atom stereocenters. The van der Waals surface area contributed by atoms with E-state index in [1.807, 2.05) is 0 Å². The van der Waals surface area contributed by atoms with E-state index in [1.54, 1.807) is 0 Å². The number of carboxylic acids is 1. The van der Waals surface area contributed by atoms with Crippen LogP contribution < -0.4 is 5.32 Å². The van der Waals surface area contributed by atoms with Crippen LogP contribution in [0.1, 0.15) is 58.8 Å². The minimum atomic E-state index is -0.580. The number of rotatable bonds is 2. The molecule has 2 N–H and O–H groups in total. The molecule has 140 valence electrons. The van der Waals surface area contributed by atoms with Crippen LogP contribution in [0, 0.1) is 34.5 Å². The van der Waals surface area contributed by atoms with Gasteiger partial charge < -0.3 is 15.2 Å². The van der Waals surface area contributed by atoms with Crippen LogP contribution in [-0.2, 0) is 9.59 Å². The second-order valence-corrected chi connectivity index (χ2v) is 11.2. The Labute approximate surface area is 164 Å². The summed E-state index contributed by atoms with van der Waals surface area (Å²) in [5.41, 5.74) is 0.240. The normalized spacial score (nSPS) is 54.9. The zero-order valence-corrected chi connectivity index (χ0v) is 17.4. The number of hydrogen-bond acceptors (Lipinski definition) is 3. The molecule has 1 heterocycles. The lowest BCUT2D eigenvalue weighted by molar-refractivity contribution is -0.151. The molecule has 0 radical (unpaired) electrons. The Kier molecular flexibility index (Phi) is 4.50. The predicted octanol–water partition coefficient (Wildman–Crippen LogP) is 3.66. The Morgan fingerprint density at radius 3 is 2.52 bits per heavy atom. The van der Waals surface area contributed by atoms with Gasteiger partial charge in [0.1, 0.15) is 6.29 Å². The summed E-state index contributed by atoms with van der Waals surface area (Å²) in [6.07, 6.45) is 8.70. The summed E-state index contributed by atoms with van der Waals surface area (Å²) < 4.78 is 0.360. The first kappa shape index (κ1) is 18.2. The fourth-order valence-corrected chi connectivity index (χ4v) is 8.76. The van der Waals surface area contributed by atoms with Gasteiger partial charge in [0, 0.05) is 9.97 Å². The Bertz CT molecular complexity index is 583. The minimum Gasteiger partial charge on any atom is -0.481 e. The molecule has 0 bridgehead atoms. The number of aliphatic carboxylic acids is 1. The van der Waals surface area contributed by atoms with E-state index < -0.39 is 5.97 Å². The smallest absolute Gasteiger partial charge is 0.307 e. The van der Waals surface area contributed by atoms with Gasteiger partial charge >= 0.3 is 5.97 Å². The third-order valence-corrected chi connectivity index (χ3v) is 9.95. The maximum atomic E-state index is 11.8. The molecule has 0 spiro atoms. The molecular weight excluding hydrogens is 429 g/mol. The van der Waals surface area contributed by atoms with E-state index in [2.05, 4.69) is 41.8 Å². The van der Waals surface area contributed by atoms with E-state index in [1.165, 1.54) is 6.42 Å². The minimum absolute atomic E-state index is 0.00660. The van der Waals surface area contributed by atoms with Gasteiger partial charge in [-0.1, -0.05) is 36.4 Å². The average molecular weight is 459 g/mol. The van der Waals surface area contributed by atoms with Crippen molar-refractivity contribution in [2.24, 2.45) is 34.5 Å². The van der Waals surface area contributed by atoms with Crippen molar-refractivity contribution in [3.63, 3.8) is 0 Å². The first-order chi connectivity index (χ1) is 11.8. The zero-order valence-electron chi connectivity index (χ0n) is 15.2. The van der Waals surface area contributed by atoms with Gasteiger partial charge in [-0.05, 0) is 73.5 Å². The Hall–Kier alpha value is -0.170. The number of aldehydes is 1. The van der Waals surface area contributed by atoms with E-state index in [9.17, 15) is 14.7 Å². The summed E-state index contributed by atoms with van der Waals surface area (Å²) >= 11 is 2.46. The molecule has 9 atom stereocenters. The molecule has 3 saturated carbocycles. The monoisotopic (exact) mass is 459 g/mol. The van der Waals surface area contributed by atoms with Gasteiger partial charge in [0.25, 0.3) is 0 Å². The van der Waals surface area contributed by atoms with E-state index in [0.717, 1.165) is 44.8 Å². The maximum absolute atomic E-state index is 11.8. The van der Waals surface area contributed by atoms with Gasteiger partial charge in [0.2, 0.25) is 0 Å². The molecule has 4 rings (SSSR count). The summed E-state index contributed by atoms with van der Waals surface area (Å²) in [4.78, 5) is 23.2. The van der Waals surface area contributed by atoms with Gasteiger partial charge in [0.05, 0.1) is 12.0 Å². The molecule has 5 heteroatoms. The van der Waals surface area contributed by atoms with Crippen LogP contribution in [0.5, 0.6) is 0 Å². The highest BCUT2D eigenvalue weighted by Gasteiger charge is 2.62. The highest BCUT2D eigenvalue weighted by atomic mass is 127. The number of carboxylic acid groups (broad SMARTS) is 1. The molecule has 1 aliphatic heterocycles. The van der Waals surface area contributed by atoms with Gasteiger partial charge in [-0.15, -0.1) is 0 Å². The summed E-state index contributed by atoms with van der Waals surface area (Å²) in [5.74, 6) is 1.19. The largest absolute Gasteiger partial charge is 0.481 e. The molecule has 25 heavy (non-hydrogen) atoms. The first-order valence-electron chi connectivity index (χ1n) is 9.89. The van der Waals surface area contributed by atoms with Crippen LogP contribution in [0.3, 0.4) is 0 Å². The lowest BCUT2D eigenvalue weighted by atomic mass is 9.47. The van der Waals surface area contributed by atoms with E-state index in [-0.39, 0.29) is 22.8 Å². The molecule has 0 aromatic heterocycles. The lowest BCUT2D eigenvalue weighted by Crippen LogP contribution is -2.65. The van der Waals surface area contributed by atoms with Crippen molar-refractivity contribution in [2.75, 3.05) is 0 Å². The first-order valence-corrected chi connectivity index (χ1v) is 11.1. The highest BCUT2D eigenvalue weighted by molar-refractivity contribution is 14.1. The highest BCUT2D eigenvalue weighted by Crippen LogP contribution is 2.65. The number of carbonyl (C=O) groups excluding carboxylic acids is 1.